The number of rotatable bonds is 2. The molecule has 2 rings (SSSR count). The second-order valence-corrected chi connectivity index (χ2v) is 3.97. The predicted molar refractivity (Wildman–Crippen MR) is 54.2 cm³/mol. The third-order valence-electron chi connectivity index (χ3n) is 2.10. The van der Waals surface area contributed by atoms with Crippen LogP contribution in [0, 0.1) is 10.1 Å². The van der Waals surface area contributed by atoms with Gasteiger partial charge in [0.15, 0.2) is 0 Å². The number of hydrogen-bond donors (Lipinski definition) is 0. The number of ether oxygens (including phenoxy) is 1. The molecule has 1 fully saturated rings. The summed E-state index contributed by atoms with van der Waals surface area (Å²) in [6.45, 7) is 0. The monoisotopic (exact) mass is 211 g/mol. The summed E-state index contributed by atoms with van der Waals surface area (Å²) in [7, 11) is 0. The second kappa shape index (κ2) is 3.98. The molecule has 0 amide bonds. The molecule has 1 atom stereocenters. The lowest BCUT2D eigenvalue weighted by Gasteiger charge is -2.07. The first kappa shape index (κ1) is 9.48. The van der Waals surface area contributed by atoms with Crippen LogP contribution in [-0.2, 0) is 4.74 Å². The van der Waals surface area contributed by atoms with Gasteiger partial charge in [-0.15, -0.1) is 11.8 Å². The molecule has 0 aromatic heterocycles. The fraction of sp³-hybridized carbons (Fsp3) is 0.333. The van der Waals surface area contributed by atoms with Gasteiger partial charge in [0, 0.05) is 17.9 Å². The zero-order valence-electron chi connectivity index (χ0n) is 7.38. The third kappa shape index (κ3) is 1.88. The Hall–Kier alpha value is -1.07. The van der Waals surface area contributed by atoms with Gasteiger partial charge in [-0.2, -0.15) is 0 Å². The van der Waals surface area contributed by atoms with Crippen LogP contribution in [0.15, 0.2) is 24.3 Å². The molecule has 1 aliphatic rings. The van der Waals surface area contributed by atoms with Crippen LogP contribution in [-0.4, -0.2) is 16.6 Å². The highest BCUT2D eigenvalue weighted by molar-refractivity contribution is 7.99. The fourth-order valence-electron chi connectivity index (χ4n) is 1.34. The highest BCUT2D eigenvalue weighted by Crippen LogP contribution is 2.30. The molecule has 5 heteroatoms. The van der Waals surface area contributed by atoms with Crippen molar-refractivity contribution >= 4 is 17.4 Å². The minimum absolute atomic E-state index is 0.0980. The molecule has 1 aromatic carbocycles. The Morgan fingerprint density at radius 1 is 1.43 bits per heavy atom. The van der Waals surface area contributed by atoms with Gasteiger partial charge < -0.3 is 4.74 Å². The van der Waals surface area contributed by atoms with Crippen LogP contribution in [0.1, 0.15) is 11.7 Å². The van der Waals surface area contributed by atoms with E-state index in [4.69, 9.17) is 4.74 Å². The van der Waals surface area contributed by atoms with E-state index in [1.807, 2.05) is 0 Å². The zero-order valence-corrected chi connectivity index (χ0v) is 8.20. The summed E-state index contributed by atoms with van der Waals surface area (Å²) in [6, 6.07) is 6.55. The standard InChI is InChI=1S/C9H9NO3S/c11-10(12)8-3-1-7(2-4-8)9-5-14-6-13-9/h1-4,9H,5-6H2. The molecule has 1 unspecified atom stereocenters. The highest BCUT2D eigenvalue weighted by atomic mass is 32.2. The summed E-state index contributed by atoms with van der Waals surface area (Å²) < 4.78 is 5.43. The Bertz CT molecular complexity index is 332. The minimum Gasteiger partial charge on any atom is -0.362 e. The molecule has 1 saturated heterocycles. The fourth-order valence-corrected chi connectivity index (χ4v) is 2.20. The molecule has 14 heavy (non-hydrogen) atoms. The van der Waals surface area contributed by atoms with E-state index in [9.17, 15) is 10.1 Å². The Morgan fingerprint density at radius 2 is 2.14 bits per heavy atom. The van der Waals surface area contributed by atoms with Crippen LogP contribution < -0.4 is 0 Å². The molecule has 0 aliphatic carbocycles. The summed E-state index contributed by atoms with van der Waals surface area (Å²) in [5, 5.41) is 10.4. The second-order valence-electron chi connectivity index (χ2n) is 2.99. The summed E-state index contributed by atoms with van der Waals surface area (Å²) in [6.07, 6.45) is 0.0980. The lowest BCUT2D eigenvalue weighted by Crippen LogP contribution is -1.98. The van der Waals surface area contributed by atoms with E-state index in [1.54, 1.807) is 23.9 Å². The van der Waals surface area contributed by atoms with Crippen LogP contribution in [0.2, 0.25) is 0 Å². The largest absolute Gasteiger partial charge is 0.362 e. The quantitative estimate of drug-likeness (QED) is 0.556. The van der Waals surface area contributed by atoms with Gasteiger partial charge in [0.1, 0.15) is 0 Å². The van der Waals surface area contributed by atoms with E-state index >= 15 is 0 Å². The minimum atomic E-state index is -0.395. The molecule has 4 nitrogen and oxygen atoms in total. The number of nitro benzene ring substituents is 1. The molecule has 0 radical (unpaired) electrons. The van der Waals surface area contributed by atoms with Crippen molar-refractivity contribution in [3.05, 3.63) is 39.9 Å². The van der Waals surface area contributed by atoms with E-state index in [0.29, 0.717) is 5.94 Å². The van der Waals surface area contributed by atoms with Crippen molar-refractivity contribution in [2.45, 2.75) is 6.10 Å². The zero-order chi connectivity index (χ0) is 9.97. The molecule has 74 valence electrons. The molecular weight excluding hydrogens is 202 g/mol. The summed E-state index contributed by atoms with van der Waals surface area (Å²) in [4.78, 5) is 10.0. The molecule has 0 bridgehead atoms. The molecule has 0 spiro atoms. The number of non-ortho nitro benzene ring substituents is 1. The van der Waals surface area contributed by atoms with Crippen LogP contribution in [0.5, 0.6) is 0 Å². The normalized spacial score (nSPS) is 21.0. The molecule has 1 aromatic rings. The van der Waals surface area contributed by atoms with Gasteiger partial charge in [-0.05, 0) is 17.7 Å². The number of benzene rings is 1. The van der Waals surface area contributed by atoms with Crippen molar-refractivity contribution in [1.82, 2.24) is 0 Å². The van der Waals surface area contributed by atoms with Gasteiger partial charge in [0.05, 0.1) is 17.0 Å². The first-order valence-electron chi connectivity index (χ1n) is 4.21. The summed E-state index contributed by atoms with van der Waals surface area (Å²) in [5.74, 6) is 1.64. The van der Waals surface area contributed by atoms with Crippen molar-refractivity contribution < 1.29 is 9.66 Å². The van der Waals surface area contributed by atoms with Gasteiger partial charge in [0.2, 0.25) is 0 Å². The van der Waals surface area contributed by atoms with Crippen molar-refractivity contribution in [2.75, 3.05) is 11.7 Å². The van der Waals surface area contributed by atoms with Crippen LogP contribution in [0.3, 0.4) is 0 Å². The maximum absolute atomic E-state index is 10.4. The average molecular weight is 211 g/mol. The van der Waals surface area contributed by atoms with Gasteiger partial charge in [-0.3, -0.25) is 10.1 Å². The SMILES string of the molecule is O=[N+]([O-])c1ccc(C2CSCO2)cc1. The van der Waals surface area contributed by atoms with E-state index in [1.165, 1.54) is 12.1 Å². The highest BCUT2D eigenvalue weighted by Gasteiger charge is 2.18. The van der Waals surface area contributed by atoms with Crippen molar-refractivity contribution in [3.63, 3.8) is 0 Å². The smallest absolute Gasteiger partial charge is 0.269 e. The van der Waals surface area contributed by atoms with Gasteiger partial charge in [0.25, 0.3) is 5.69 Å². The van der Waals surface area contributed by atoms with Crippen molar-refractivity contribution in [2.24, 2.45) is 0 Å². The summed E-state index contributed by atoms with van der Waals surface area (Å²) in [5.41, 5.74) is 1.14. The number of hydrogen-bond acceptors (Lipinski definition) is 4. The lowest BCUT2D eigenvalue weighted by molar-refractivity contribution is -0.384. The Morgan fingerprint density at radius 3 is 2.64 bits per heavy atom. The van der Waals surface area contributed by atoms with E-state index in [0.717, 1.165) is 11.3 Å². The van der Waals surface area contributed by atoms with E-state index < -0.39 is 4.92 Å². The first-order valence-corrected chi connectivity index (χ1v) is 5.36. The summed E-state index contributed by atoms with van der Waals surface area (Å²) >= 11 is 1.73. The average Bonchev–Trinajstić information content (AvgIpc) is 2.71. The van der Waals surface area contributed by atoms with Gasteiger partial charge >= 0.3 is 0 Å². The molecule has 0 saturated carbocycles. The maximum Gasteiger partial charge on any atom is 0.269 e. The molecule has 1 aliphatic heterocycles. The van der Waals surface area contributed by atoms with Crippen molar-refractivity contribution in [1.29, 1.82) is 0 Å². The van der Waals surface area contributed by atoms with E-state index in [-0.39, 0.29) is 11.8 Å². The molecular formula is C9H9NO3S. The van der Waals surface area contributed by atoms with Crippen LogP contribution >= 0.6 is 11.8 Å². The Labute approximate surface area is 85.4 Å². The predicted octanol–water partition coefficient (Wildman–Crippen LogP) is 2.36. The van der Waals surface area contributed by atoms with Crippen molar-refractivity contribution in [3.8, 4) is 0 Å². The topological polar surface area (TPSA) is 52.4 Å². The number of thioether (sulfide) groups is 1. The van der Waals surface area contributed by atoms with Gasteiger partial charge in [-0.1, -0.05) is 0 Å². The Kier molecular flexibility index (Phi) is 2.69. The molecule has 1 heterocycles. The third-order valence-corrected chi connectivity index (χ3v) is 2.94. The van der Waals surface area contributed by atoms with E-state index in [2.05, 4.69) is 0 Å². The number of nitrogens with zero attached hydrogens (tertiary/aromatic N) is 1. The lowest BCUT2D eigenvalue weighted by atomic mass is 10.1. The first-order chi connectivity index (χ1) is 6.77. The maximum atomic E-state index is 10.4. The molecule has 0 N–H and O–H groups in total. The number of nitro groups is 1. The Balaban J connectivity index is 2.16. The van der Waals surface area contributed by atoms with Gasteiger partial charge in [-0.25, -0.2) is 0 Å². The van der Waals surface area contributed by atoms with Crippen LogP contribution in [0.25, 0.3) is 0 Å². The van der Waals surface area contributed by atoms with Crippen LogP contribution in [0.4, 0.5) is 5.69 Å².